The predicted octanol–water partition coefficient (Wildman–Crippen LogP) is 5.11. The van der Waals surface area contributed by atoms with E-state index in [1.165, 1.54) is 32.1 Å². The molecule has 1 heteroatoms. The molecule has 1 aliphatic carbocycles. The van der Waals surface area contributed by atoms with Crippen LogP contribution in [0, 0.1) is 17.8 Å². The molecule has 2 fully saturated rings. The zero-order chi connectivity index (χ0) is 11.5. The lowest BCUT2D eigenvalue weighted by Gasteiger charge is -2.47. The lowest BCUT2D eigenvalue weighted by Crippen LogP contribution is -2.37. The summed E-state index contributed by atoms with van der Waals surface area (Å²) in [6, 6.07) is 0. The van der Waals surface area contributed by atoms with E-state index in [4.69, 9.17) is 0 Å². The molecule has 2 bridgehead atoms. The molecule has 0 aromatic heterocycles. The molecule has 2 rings (SSSR count). The molecular formula is C15H29P. The van der Waals surface area contributed by atoms with Crippen molar-refractivity contribution < 1.29 is 0 Å². The highest BCUT2D eigenvalue weighted by atomic mass is 31.1. The van der Waals surface area contributed by atoms with E-state index in [0.29, 0.717) is 7.92 Å². The van der Waals surface area contributed by atoms with Crippen molar-refractivity contribution in [3.63, 3.8) is 0 Å². The van der Waals surface area contributed by atoms with Crippen molar-refractivity contribution in [1.82, 2.24) is 0 Å². The van der Waals surface area contributed by atoms with Gasteiger partial charge in [0.25, 0.3) is 0 Å². The molecule has 0 nitrogen and oxygen atoms in total. The third-order valence-electron chi connectivity index (χ3n) is 5.04. The van der Waals surface area contributed by atoms with Crippen LogP contribution in [0.25, 0.3) is 0 Å². The minimum atomic E-state index is 0.399. The van der Waals surface area contributed by atoms with Crippen molar-refractivity contribution in [1.29, 1.82) is 0 Å². The molecule has 2 unspecified atom stereocenters. The smallest absolute Gasteiger partial charge is 0.0181 e. The molecule has 2 aliphatic rings. The molecule has 1 aliphatic heterocycles. The monoisotopic (exact) mass is 240 g/mol. The zero-order valence-electron chi connectivity index (χ0n) is 11.4. The van der Waals surface area contributed by atoms with Gasteiger partial charge in [-0.25, -0.2) is 0 Å². The first-order valence-electron chi connectivity index (χ1n) is 7.46. The summed E-state index contributed by atoms with van der Waals surface area (Å²) in [5.41, 5.74) is 1.15. The van der Waals surface area contributed by atoms with Crippen LogP contribution in [0.1, 0.15) is 59.3 Å². The maximum atomic E-state index is 2.53. The first-order valence-corrected chi connectivity index (χ1v) is 9.24. The SMILES string of the molecule is CCCCCP1CC(C)[C@H]2CC[C@H](C)[C@@H]1C2. The molecule has 0 amide bonds. The van der Waals surface area contributed by atoms with Crippen LogP contribution in [0.15, 0.2) is 0 Å². The summed E-state index contributed by atoms with van der Waals surface area (Å²) in [5.74, 6) is 3.21. The van der Waals surface area contributed by atoms with E-state index in [1.807, 2.05) is 0 Å². The zero-order valence-corrected chi connectivity index (χ0v) is 12.3. The van der Waals surface area contributed by atoms with E-state index in [9.17, 15) is 0 Å². The lowest BCUT2D eigenvalue weighted by molar-refractivity contribution is 0.226. The molecule has 0 spiro atoms. The van der Waals surface area contributed by atoms with Gasteiger partial charge in [-0.05, 0) is 61.4 Å². The summed E-state index contributed by atoms with van der Waals surface area (Å²) in [4.78, 5) is 0. The maximum absolute atomic E-state index is 2.53. The minimum absolute atomic E-state index is 0.399. The molecular weight excluding hydrogens is 211 g/mol. The van der Waals surface area contributed by atoms with Gasteiger partial charge in [-0.1, -0.05) is 33.6 Å². The number of hydrogen-bond donors (Lipinski definition) is 0. The Morgan fingerprint density at radius 3 is 2.62 bits per heavy atom. The largest absolute Gasteiger partial charge is 0.103 e. The number of rotatable bonds is 4. The van der Waals surface area contributed by atoms with Crippen LogP contribution in [0.2, 0.25) is 0 Å². The fourth-order valence-corrected chi connectivity index (χ4v) is 7.72. The van der Waals surface area contributed by atoms with Crippen LogP contribution >= 0.6 is 7.92 Å². The van der Waals surface area contributed by atoms with Gasteiger partial charge in [-0.2, -0.15) is 0 Å². The normalized spacial score (nSPS) is 43.3. The van der Waals surface area contributed by atoms with Crippen LogP contribution in [0.4, 0.5) is 0 Å². The molecule has 0 N–H and O–H groups in total. The highest BCUT2D eigenvalue weighted by Gasteiger charge is 2.39. The Bertz CT molecular complexity index is 213. The summed E-state index contributed by atoms with van der Waals surface area (Å²) < 4.78 is 0. The quantitative estimate of drug-likeness (QED) is 0.473. The third-order valence-corrected chi connectivity index (χ3v) is 8.63. The van der Waals surface area contributed by atoms with E-state index >= 15 is 0 Å². The highest BCUT2D eigenvalue weighted by molar-refractivity contribution is 7.58. The van der Waals surface area contributed by atoms with Gasteiger partial charge in [0.15, 0.2) is 0 Å². The Kier molecular flexibility index (Phi) is 4.71. The molecule has 16 heavy (non-hydrogen) atoms. The Morgan fingerprint density at radius 2 is 1.88 bits per heavy atom. The standard InChI is InChI=1S/C15H29P/c1-4-5-6-9-16-11-13(3)14-8-7-12(2)15(16)10-14/h12-15H,4-11H2,1-3H3/t12-,13?,14-,15-,16?/m0/s1. The van der Waals surface area contributed by atoms with Crippen LogP contribution < -0.4 is 0 Å². The summed E-state index contributed by atoms with van der Waals surface area (Å²) in [7, 11) is 0.399. The Balaban J connectivity index is 1.90. The van der Waals surface area contributed by atoms with E-state index in [-0.39, 0.29) is 0 Å². The number of unbranched alkanes of at least 4 members (excludes halogenated alkanes) is 2. The topological polar surface area (TPSA) is 0 Å². The Morgan fingerprint density at radius 1 is 1.06 bits per heavy atom. The van der Waals surface area contributed by atoms with Crippen LogP contribution in [-0.4, -0.2) is 18.0 Å². The second kappa shape index (κ2) is 5.85. The third kappa shape index (κ3) is 2.81. The average Bonchev–Trinajstić information content (AvgIpc) is 2.28. The predicted molar refractivity (Wildman–Crippen MR) is 75.6 cm³/mol. The van der Waals surface area contributed by atoms with Crippen molar-refractivity contribution in [3.8, 4) is 0 Å². The lowest BCUT2D eigenvalue weighted by atomic mass is 9.76. The fraction of sp³-hybridized carbons (Fsp3) is 1.00. The second-order valence-corrected chi connectivity index (χ2v) is 8.95. The Hall–Kier alpha value is 0.430. The molecule has 0 aromatic carbocycles. The molecule has 0 radical (unpaired) electrons. The van der Waals surface area contributed by atoms with Crippen LogP contribution in [-0.2, 0) is 0 Å². The van der Waals surface area contributed by atoms with Gasteiger partial charge in [-0.3, -0.25) is 0 Å². The van der Waals surface area contributed by atoms with Crippen molar-refractivity contribution in [2.24, 2.45) is 17.8 Å². The van der Waals surface area contributed by atoms with E-state index in [2.05, 4.69) is 20.8 Å². The molecule has 1 saturated carbocycles. The van der Waals surface area contributed by atoms with E-state index < -0.39 is 0 Å². The van der Waals surface area contributed by atoms with Crippen LogP contribution in [0.5, 0.6) is 0 Å². The average molecular weight is 240 g/mol. The van der Waals surface area contributed by atoms with Crippen LogP contribution in [0.3, 0.4) is 0 Å². The van der Waals surface area contributed by atoms with Crippen molar-refractivity contribution in [2.75, 3.05) is 12.3 Å². The summed E-state index contributed by atoms with van der Waals surface area (Å²) in [6.45, 7) is 7.40. The molecule has 1 heterocycles. The van der Waals surface area contributed by atoms with Gasteiger partial charge in [0.2, 0.25) is 0 Å². The summed E-state index contributed by atoms with van der Waals surface area (Å²) in [5, 5.41) is 0. The van der Waals surface area contributed by atoms with Crippen molar-refractivity contribution in [2.45, 2.75) is 65.0 Å². The van der Waals surface area contributed by atoms with Crippen molar-refractivity contribution >= 4 is 7.92 Å². The van der Waals surface area contributed by atoms with Gasteiger partial charge in [0, 0.05) is 0 Å². The molecule has 0 aromatic rings. The van der Waals surface area contributed by atoms with Gasteiger partial charge >= 0.3 is 0 Å². The van der Waals surface area contributed by atoms with Gasteiger partial charge < -0.3 is 0 Å². The molecule has 5 atom stereocenters. The Labute approximate surface area is 103 Å². The summed E-state index contributed by atoms with van der Waals surface area (Å²) >= 11 is 0. The number of fused-ring (bicyclic) bond motifs is 2. The van der Waals surface area contributed by atoms with E-state index in [1.54, 1.807) is 18.7 Å². The molecule has 1 saturated heterocycles. The number of hydrogen-bond acceptors (Lipinski definition) is 0. The first-order chi connectivity index (χ1) is 7.72. The van der Waals surface area contributed by atoms with E-state index in [0.717, 1.165) is 23.4 Å². The fourth-order valence-electron chi connectivity index (χ4n) is 3.83. The van der Waals surface area contributed by atoms with Gasteiger partial charge in [0.1, 0.15) is 0 Å². The minimum Gasteiger partial charge on any atom is -0.103 e. The van der Waals surface area contributed by atoms with Crippen molar-refractivity contribution in [3.05, 3.63) is 0 Å². The van der Waals surface area contributed by atoms with Gasteiger partial charge in [-0.15, -0.1) is 7.92 Å². The summed E-state index contributed by atoms with van der Waals surface area (Å²) in [6.07, 6.45) is 12.2. The highest BCUT2D eigenvalue weighted by Crippen LogP contribution is 2.58. The van der Waals surface area contributed by atoms with Gasteiger partial charge in [0.05, 0.1) is 0 Å². The maximum Gasteiger partial charge on any atom is -0.0181 e. The molecule has 94 valence electrons. The second-order valence-electron chi connectivity index (χ2n) is 6.30. The first kappa shape index (κ1) is 12.9.